The van der Waals surface area contributed by atoms with Gasteiger partial charge in [-0.25, -0.2) is 9.82 Å². The third kappa shape index (κ3) is 6.17. The molecule has 0 unspecified atom stereocenters. The lowest BCUT2D eigenvalue weighted by Gasteiger charge is -2.09. The Labute approximate surface area is 175 Å². The second kappa shape index (κ2) is 10.8. The maximum absolute atomic E-state index is 13.0. The van der Waals surface area contributed by atoms with Gasteiger partial charge in [0.05, 0.1) is 12.8 Å². The van der Waals surface area contributed by atoms with Crippen LogP contribution in [0.3, 0.4) is 0 Å². The fourth-order valence-corrected chi connectivity index (χ4v) is 2.61. The van der Waals surface area contributed by atoms with Gasteiger partial charge in [0.25, 0.3) is 5.91 Å². The molecule has 6 heteroatoms. The molecule has 1 amide bonds. The molecule has 0 heterocycles. The quantitative estimate of drug-likeness (QED) is 0.404. The second-order valence-electron chi connectivity index (χ2n) is 6.52. The Bertz CT molecular complexity index is 986. The van der Waals surface area contributed by atoms with Crippen LogP contribution in [0.2, 0.25) is 0 Å². The van der Waals surface area contributed by atoms with Gasteiger partial charge in [0, 0.05) is 11.1 Å². The first kappa shape index (κ1) is 21.0. The number of nitrogens with one attached hydrogen (secondary N) is 1. The molecule has 0 aliphatic carbocycles. The molecule has 0 bridgehead atoms. The number of hydrogen-bond acceptors (Lipinski definition) is 4. The van der Waals surface area contributed by atoms with Crippen molar-refractivity contribution < 1.29 is 18.7 Å². The molecule has 0 aromatic heterocycles. The molecule has 30 heavy (non-hydrogen) atoms. The second-order valence-corrected chi connectivity index (χ2v) is 6.52. The van der Waals surface area contributed by atoms with E-state index in [9.17, 15) is 9.18 Å². The number of para-hydroxylation sites is 1. The number of hydrogen-bond donors (Lipinski definition) is 1. The van der Waals surface area contributed by atoms with Gasteiger partial charge >= 0.3 is 0 Å². The number of halogens is 1. The van der Waals surface area contributed by atoms with Crippen LogP contribution < -0.4 is 14.9 Å². The van der Waals surface area contributed by atoms with E-state index in [1.54, 1.807) is 36.4 Å². The molecule has 3 aromatic rings. The van der Waals surface area contributed by atoms with Crippen LogP contribution in [0.4, 0.5) is 4.39 Å². The minimum Gasteiger partial charge on any atom is -0.494 e. The van der Waals surface area contributed by atoms with Crippen LogP contribution >= 0.6 is 0 Å². The fraction of sp³-hybridized carbons (Fsp3) is 0.167. The SMILES string of the molecule is CCCOc1ccc(C(=O)N/N=C\c2ccccc2OCc2ccc(F)cc2)cc1. The minimum absolute atomic E-state index is 0.287. The summed E-state index contributed by atoms with van der Waals surface area (Å²) in [5.74, 6) is 0.726. The number of carbonyl (C=O) groups is 1. The van der Waals surface area contributed by atoms with Gasteiger partial charge in [-0.1, -0.05) is 31.2 Å². The Hall–Kier alpha value is -3.67. The molecule has 0 atom stereocenters. The average Bonchev–Trinajstić information content (AvgIpc) is 2.78. The average molecular weight is 406 g/mol. The number of ether oxygens (including phenoxy) is 2. The Balaban J connectivity index is 1.58. The van der Waals surface area contributed by atoms with Crippen molar-refractivity contribution in [1.29, 1.82) is 0 Å². The zero-order valence-corrected chi connectivity index (χ0v) is 16.7. The largest absolute Gasteiger partial charge is 0.494 e. The van der Waals surface area contributed by atoms with Gasteiger partial charge in [0.1, 0.15) is 23.9 Å². The molecular weight excluding hydrogens is 383 g/mol. The Morgan fingerprint density at radius 2 is 1.73 bits per heavy atom. The molecule has 0 aliphatic heterocycles. The Kier molecular flexibility index (Phi) is 7.55. The van der Waals surface area contributed by atoms with Gasteiger partial charge in [-0.15, -0.1) is 0 Å². The van der Waals surface area contributed by atoms with Crippen LogP contribution in [0.1, 0.15) is 34.8 Å². The highest BCUT2D eigenvalue weighted by molar-refractivity contribution is 5.95. The lowest BCUT2D eigenvalue weighted by molar-refractivity contribution is 0.0955. The molecule has 0 aliphatic rings. The van der Waals surface area contributed by atoms with Crippen molar-refractivity contribution in [3.63, 3.8) is 0 Å². The summed E-state index contributed by atoms with van der Waals surface area (Å²) >= 11 is 0. The molecule has 3 rings (SSSR count). The Morgan fingerprint density at radius 1 is 1.00 bits per heavy atom. The molecule has 3 aromatic carbocycles. The highest BCUT2D eigenvalue weighted by Crippen LogP contribution is 2.18. The van der Waals surface area contributed by atoms with E-state index in [2.05, 4.69) is 10.5 Å². The van der Waals surface area contributed by atoms with Crippen LogP contribution in [0.25, 0.3) is 0 Å². The van der Waals surface area contributed by atoms with Crippen LogP contribution in [-0.2, 0) is 6.61 Å². The summed E-state index contributed by atoms with van der Waals surface area (Å²) in [7, 11) is 0. The summed E-state index contributed by atoms with van der Waals surface area (Å²) in [5, 5.41) is 4.03. The van der Waals surface area contributed by atoms with Gasteiger partial charge < -0.3 is 9.47 Å². The van der Waals surface area contributed by atoms with E-state index in [-0.39, 0.29) is 11.7 Å². The van der Waals surface area contributed by atoms with Gasteiger partial charge in [-0.05, 0) is 60.5 Å². The zero-order chi connectivity index (χ0) is 21.2. The molecule has 0 saturated carbocycles. The van der Waals surface area contributed by atoms with E-state index >= 15 is 0 Å². The monoisotopic (exact) mass is 406 g/mol. The number of carbonyl (C=O) groups excluding carboxylic acids is 1. The molecular formula is C24H23FN2O3. The van der Waals surface area contributed by atoms with E-state index in [4.69, 9.17) is 9.47 Å². The van der Waals surface area contributed by atoms with E-state index in [1.165, 1.54) is 18.3 Å². The van der Waals surface area contributed by atoms with Crippen molar-refractivity contribution in [2.45, 2.75) is 20.0 Å². The summed E-state index contributed by atoms with van der Waals surface area (Å²) in [5.41, 5.74) is 4.55. The first-order chi connectivity index (χ1) is 14.7. The van der Waals surface area contributed by atoms with Crippen molar-refractivity contribution in [3.8, 4) is 11.5 Å². The van der Waals surface area contributed by atoms with Crippen molar-refractivity contribution in [1.82, 2.24) is 5.43 Å². The molecule has 0 radical (unpaired) electrons. The summed E-state index contributed by atoms with van der Waals surface area (Å²) in [6.45, 7) is 2.97. The van der Waals surface area contributed by atoms with E-state index in [1.807, 2.05) is 31.2 Å². The predicted molar refractivity (Wildman–Crippen MR) is 114 cm³/mol. The minimum atomic E-state index is -0.321. The first-order valence-electron chi connectivity index (χ1n) is 9.68. The molecule has 0 saturated heterocycles. The van der Waals surface area contributed by atoms with Crippen molar-refractivity contribution in [2.75, 3.05) is 6.61 Å². The zero-order valence-electron chi connectivity index (χ0n) is 16.7. The van der Waals surface area contributed by atoms with Crippen molar-refractivity contribution >= 4 is 12.1 Å². The summed E-state index contributed by atoms with van der Waals surface area (Å²) in [6.07, 6.45) is 2.45. The number of hydrazone groups is 1. The highest BCUT2D eigenvalue weighted by atomic mass is 19.1. The number of amides is 1. The number of nitrogens with zero attached hydrogens (tertiary/aromatic N) is 1. The fourth-order valence-electron chi connectivity index (χ4n) is 2.61. The maximum atomic E-state index is 13.0. The highest BCUT2D eigenvalue weighted by Gasteiger charge is 2.05. The lowest BCUT2D eigenvalue weighted by Crippen LogP contribution is -2.17. The summed E-state index contributed by atoms with van der Waals surface area (Å²) in [6, 6.07) is 20.4. The third-order valence-corrected chi connectivity index (χ3v) is 4.19. The topological polar surface area (TPSA) is 59.9 Å². The van der Waals surface area contributed by atoms with Gasteiger partial charge in [-0.2, -0.15) is 5.10 Å². The van der Waals surface area contributed by atoms with Gasteiger partial charge in [0.15, 0.2) is 0 Å². The van der Waals surface area contributed by atoms with Gasteiger partial charge in [0.2, 0.25) is 0 Å². The third-order valence-electron chi connectivity index (χ3n) is 4.19. The van der Waals surface area contributed by atoms with Crippen molar-refractivity contribution in [3.05, 3.63) is 95.3 Å². The molecule has 0 fully saturated rings. The van der Waals surface area contributed by atoms with Crippen LogP contribution in [0.15, 0.2) is 77.9 Å². The Morgan fingerprint density at radius 3 is 2.47 bits per heavy atom. The van der Waals surface area contributed by atoms with E-state index in [0.29, 0.717) is 30.1 Å². The summed E-state index contributed by atoms with van der Waals surface area (Å²) in [4.78, 5) is 12.3. The van der Waals surface area contributed by atoms with Crippen LogP contribution in [0, 0.1) is 5.82 Å². The smallest absolute Gasteiger partial charge is 0.271 e. The van der Waals surface area contributed by atoms with Crippen LogP contribution in [0.5, 0.6) is 11.5 Å². The number of benzene rings is 3. The molecule has 154 valence electrons. The summed E-state index contributed by atoms with van der Waals surface area (Å²) < 4.78 is 24.3. The molecule has 0 spiro atoms. The van der Waals surface area contributed by atoms with E-state index < -0.39 is 0 Å². The molecule has 5 nitrogen and oxygen atoms in total. The normalized spacial score (nSPS) is 10.7. The lowest BCUT2D eigenvalue weighted by atomic mass is 10.2. The van der Waals surface area contributed by atoms with Crippen LogP contribution in [-0.4, -0.2) is 18.7 Å². The number of rotatable bonds is 9. The maximum Gasteiger partial charge on any atom is 0.271 e. The van der Waals surface area contributed by atoms with Gasteiger partial charge in [-0.3, -0.25) is 4.79 Å². The predicted octanol–water partition coefficient (Wildman–Crippen LogP) is 4.96. The standard InChI is InChI=1S/C24H23FN2O3/c1-2-15-29-22-13-9-19(10-14-22)24(28)27-26-16-20-5-3-4-6-23(20)30-17-18-7-11-21(25)12-8-18/h3-14,16H,2,15,17H2,1H3,(H,27,28)/b26-16-. The molecule has 1 N–H and O–H groups in total. The van der Waals surface area contributed by atoms with Crippen molar-refractivity contribution in [2.24, 2.45) is 5.10 Å². The first-order valence-corrected chi connectivity index (χ1v) is 9.68. The van der Waals surface area contributed by atoms with E-state index in [0.717, 1.165) is 17.7 Å².